The molecular weight excluding hydrogens is 284 g/mol. The molecule has 3 rings (SSSR count). The van der Waals surface area contributed by atoms with Crippen molar-refractivity contribution in [3.05, 3.63) is 45.1 Å². The summed E-state index contributed by atoms with van der Waals surface area (Å²) < 4.78 is 0.972. The quantitative estimate of drug-likeness (QED) is 0.784. The SMILES string of the molecule is C[C@@H]1CNCCN1C(=O)Cn1c(=O)[nH]c2ccccc2c1=O. The van der Waals surface area contributed by atoms with E-state index >= 15 is 0 Å². The third kappa shape index (κ3) is 2.55. The van der Waals surface area contributed by atoms with Gasteiger partial charge in [-0.25, -0.2) is 4.79 Å². The third-order valence-corrected chi connectivity index (χ3v) is 4.00. The molecule has 2 aromatic rings. The highest BCUT2D eigenvalue weighted by Gasteiger charge is 2.24. The number of benzene rings is 1. The van der Waals surface area contributed by atoms with E-state index in [1.807, 2.05) is 6.92 Å². The molecule has 1 aliphatic heterocycles. The second-order valence-electron chi connectivity index (χ2n) is 5.51. The Balaban J connectivity index is 1.95. The number of carbonyl (C=O) groups excluding carboxylic acids is 1. The number of piperazine rings is 1. The Kier molecular flexibility index (Phi) is 3.81. The van der Waals surface area contributed by atoms with Gasteiger partial charge >= 0.3 is 5.69 Å². The average Bonchev–Trinajstić information content (AvgIpc) is 2.51. The zero-order chi connectivity index (χ0) is 15.7. The summed E-state index contributed by atoms with van der Waals surface area (Å²) in [5.74, 6) is -0.211. The van der Waals surface area contributed by atoms with Crippen LogP contribution in [-0.2, 0) is 11.3 Å². The van der Waals surface area contributed by atoms with Crippen LogP contribution in [0.2, 0.25) is 0 Å². The van der Waals surface area contributed by atoms with Gasteiger partial charge in [0, 0.05) is 25.7 Å². The molecule has 7 heteroatoms. The summed E-state index contributed by atoms with van der Waals surface area (Å²) in [4.78, 5) is 41.2. The van der Waals surface area contributed by atoms with Crippen LogP contribution in [0.3, 0.4) is 0 Å². The number of para-hydroxylation sites is 1. The van der Waals surface area contributed by atoms with Crippen molar-refractivity contribution in [1.29, 1.82) is 0 Å². The van der Waals surface area contributed by atoms with Gasteiger partial charge in [0.25, 0.3) is 5.56 Å². The molecule has 0 unspecified atom stereocenters. The summed E-state index contributed by atoms with van der Waals surface area (Å²) in [6.07, 6.45) is 0. The number of carbonyl (C=O) groups is 1. The lowest BCUT2D eigenvalue weighted by Gasteiger charge is -2.34. The number of rotatable bonds is 2. The number of amides is 1. The summed E-state index contributed by atoms with van der Waals surface area (Å²) in [5, 5.41) is 3.61. The third-order valence-electron chi connectivity index (χ3n) is 4.00. The number of aromatic nitrogens is 2. The highest BCUT2D eigenvalue weighted by Crippen LogP contribution is 2.05. The van der Waals surface area contributed by atoms with Crippen LogP contribution < -0.4 is 16.6 Å². The van der Waals surface area contributed by atoms with Crippen molar-refractivity contribution in [2.24, 2.45) is 0 Å². The smallest absolute Gasteiger partial charge is 0.329 e. The van der Waals surface area contributed by atoms with E-state index in [1.54, 1.807) is 29.2 Å². The minimum Gasteiger partial charge on any atom is -0.336 e. The Morgan fingerprint density at radius 3 is 2.86 bits per heavy atom. The number of nitrogens with zero attached hydrogens (tertiary/aromatic N) is 2. The molecule has 116 valence electrons. The van der Waals surface area contributed by atoms with Gasteiger partial charge in [0.05, 0.1) is 10.9 Å². The van der Waals surface area contributed by atoms with E-state index in [0.717, 1.165) is 11.1 Å². The Morgan fingerprint density at radius 1 is 1.32 bits per heavy atom. The van der Waals surface area contributed by atoms with Gasteiger partial charge in [0.1, 0.15) is 6.54 Å². The molecule has 1 amide bonds. The minimum atomic E-state index is -0.556. The van der Waals surface area contributed by atoms with Crippen LogP contribution in [0.5, 0.6) is 0 Å². The van der Waals surface area contributed by atoms with Crippen molar-refractivity contribution in [1.82, 2.24) is 19.8 Å². The summed E-state index contributed by atoms with van der Waals surface area (Å²) in [7, 11) is 0. The van der Waals surface area contributed by atoms with Crippen molar-refractivity contribution in [3.8, 4) is 0 Å². The number of H-pyrrole nitrogens is 1. The van der Waals surface area contributed by atoms with Crippen molar-refractivity contribution in [2.75, 3.05) is 19.6 Å². The van der Waals surface area contributed by atoms with E-state index in [-0.39, 0.29) is 18.5 Å². The van der Waals surface area contributed by atoms with Gasteiger partial charge in [-0.3, -0.25) is 14.2 Å². The van der Waals surface area contributed by atoms with Crippen LogP contribution in [-0.4, -0.2) is 46.0 Å². The molecule has 22 heavy (non-hydrogen) atoms. The maximum absolute atomic E-state index is 12.4. The molecule has 2 N–H and O–H groups in total. The van der Waals surface area contributed by atoms with Gasteiger partial charge in [0.15, 0.2) is 0 Å². The summed E-state index contributed by atoms with van der Waals surface area (Å²) >= 11 is 0. The molecular formula is C15H18N4O3. The molecule has 1 saturated heterocycles. The zero-order valence-corrected chi connectivity index (χ0v) is 12.3. The van der Waals surface area contributed by atoms with Gasteiger partial charge in [-0.05, 0) is 19.1 Å². The minimum absolute atomic E-state index is 0.0523. The molecule has 1 fully saturated rings. The predicted molar refractivity (Wildman–Crippen MR) is 82.9 cm³/mol. The molecule has 2 heterocycles. The van der Waals surface area contributed by atoms with Crippen LogP contribution in [0.15, 0.2) is 33.9 Å². The van der Waals surface area contributed by atoms with Gasteiger partial charge in [0.2, 0.25) is 5.91 Å². The summed E-state index contributed by atoms with van der Waals surface area (Å²) in [5.41, 5.74) is -0.507. The first-order valence-electron chi connectivity index (χ1n) is 7.30. The van der Waals surface area contributed by atoms with Crippen LogP contribution in [0.25, 0.3) is 10.9 Å². The second kappa shape index (κ2) is 5.76. The lowest BCUT2D eigenvalue weighted by molar-refractivity contribution is -0.134. The number of hydrogen-bond donors (Lipinski definition) is 2. The molecule has 1 atom stereocenters. The molecule has 0 saturated carbocycles. The number of fused-ring (bicyclic) bond motifs is 1. The topological polar surface area (TPSA) is 87.2 Å². The largest absolute Gasteiger partial charge is 0.336 e. The fourth-order valence-corrected chi connectivity index (χ4v) is 2.78. The highest BCUT2D eigenvalue weighted by molar-refractivity contribution is 5.79. The zero-order valence-electron chi connectivity index (χ0n) is 12.3. The fraction of sp³-hybridized carbons (Fsp3) is 0.400. The lowest BCUT2D eigenvalue weighted by Crippen LogP contribution is -2.54. The number of aromatic amines is 1. The monoisotopic (exact) mass is 302 g/mol. The molecule has 0 bridgehead atoms. The van der Waals surface area contributed by atoms with E-state index < -0.39 is 11.2 Å². The first-order valence-corrected chi connectivity index (χ1v) is 7.30. The van der Waals surface area contributed by atoms with E-state index in [2.05, 4.69) is 10.3 Å². The number of hydrogen-bond acceptors (Lipinski definition) is 4. The maximum Gasteiger partial charge on any atom is 0.329 e. The normalized spacial score (nSPS) is 18.6. The highest BCUT2D eigenvalue weighted by atomic mass is 16.2. The molecule has 7 nitrogen and oxygen atoms in total. The maximum atomic E-state index is 12.4. The molecule has 0 spiro atoms. The van der Waals surface area contributed by atoms with Gasteiger partial charge in [-0.15, -0.1) is 0 Å². The number of nitrogens with one attached hydrogen (secondary N) is 2. The predicted octanol–water partition coefficient (Wildman–Crippen LogP) is -0.490. The van der Waals surface area contributed by atoms with E-state index in [4.69, 9.17) is 0 Å². The fourth-order valence-electron chi connectivity index (χ4n) is 2.78. The van der Waals surface area contributed by atoms with Crippen LogP contribution in [0.1, 0.15) is 6.92 Å². The standard InChI is InChI=1S/C15H18N4O3/c1-10-8-16-6-7-18(10)13(20)9-19-14(21)11-4-2-3-5-12(11)17-15(19)22/h2-5,10,16H,6-9H2,1H3,(H,17,22)/t10-/m1/s1. The first-order chi connectivity index (χ1) is 10.6. The van der Waals surface area contributed by atoms with E-state index in [0.29, 0.717) is 24.0 Å². The Labute approximate surface area is 126 Å². The molecule has 1 aliphatic rings. The van der Waals surface area contributed by atoms with E-state index in [1.165, 1.54) is 0 Å². The Morgan fingerprint density at radius 2 is 2.09 bits per heavy atom. The Hall–Kier alpha value is -2.41. The average molecular weight is 302 g/mol. The van der Waals surface area contributed by atoms with Crippen LogP contribution in [0, 0.1) is 0 Å². The molecule has 0 aliphatic carbocycles. The molecule has 0 radical (unpaired) electrons. The van der Waals surface area contributed by atoms with Crippen molar-refractivity contribution >= 4 is 16.8 Å². The van der Waals surface area contributed by atoms with Crippen LogP contribution >= 0.6 is 0 Å². The molecule has 1 aromatic heterocycles. The van der Waals surface area contributed by atoms with Crippen molar-refractivity contribution in [2.45, 2.75) is 19.5 Å². The van der Waals surface area contributed by atoms with Gasteiger partial charge in [-0.2, -0.15) is 0 Å². The molecule has 1 aromatic carbocycles. The second-order valence-corrected chi connectivity index (χ2v) is 5.51. The van der Waals surface area contributed by atoms with Crippen molar-refractivity contribution in [3.63, 3.8) is 0 Å². The van der Waals surface area contributed by atoms with Crippen molar-refractivity contribution < 1.29 is 4.79 Å². The lowest BCUT2D eigenvalue weighted by atomic mass is 10.2. The first kappa shape index (κ1) is 14.5. The van der Waals surface area contributed by atoms with Gasteiger partial charge < -0.3 is 15.2 Å². The summed E-state index contributed by atoms with van der Waals surface area (Å²) in [6, 6.07) is 6.84. The van der Waals surface area contributed by atoms with E-state index in [9.17, 15) is 14.4 Å². The van der Waals surface area contributed by atoms with Gasteiger partial charge in [-0.1, -0.05) is 12.1 Å². The summed E-state index contributed by atoms with van der Waals surface area (Å²) in [6.45, 7) is 3.73. The van der Waals surface area contributed by atoms with Crippen LogP contribution in [0.4, 0.5) is 0 Å². The Bertz CT molecular complexity index is 823.